The van der Waals surface area contributed by atoms with Crippen molar-refractivity contribution >= 4 is 38.5 Å². The van der Waals surface area contributed by atoms with Crippen molar-refractivity contribution in [1.29, 1.82) is 0 Å². The topological polar surface area (TPSA) is 62.2 Å². The first-order valence-electron chi connectivity index (χ1n) is 4.67. The molecular weight excluding hydrogens is 272 g/mol. The van der Waals surface area contributed by atoms with Crippen LogP contribution < -0.4 is 5.32 Å². The summed E-state index contributed by atoms with van der Waals surface area (Å²) in [6.45, 7) is -0.114. The van der Waals surface area contributed by atoms with Gasteiger partial charge in [0.05, 0.1) is 11.2 Å². The number of carboxylic acid groups (broad SMARTS) is 1. The first-order valence-corrected chi connectivity index (χ1v) is 5.46. The zero-order valence-electron chi connectivity index (χ0n) is 8.27. The number of aliphatic carboxylic acids is 1. The van der Waals surface area contributed by atoms with Crippen LogP contribution >= 0.6 is 15.9 Å². The zero-order valence-corrected chi connectivity index (χ0v) is 9.86. The largest absolute Gasteiger partial charge is 0.480 e. The number of hydrogen-bond donors (Lipinski definition) is 2. The number of pyridine rings is 1. The minimum Gasteiger partial charge on any atom is -0.480 e. The molecule has 16 heavy (non-hydrogen) atoms. The van der Waals surface area contributed by atoms with Crippen LogP contribution in [0.5, 0.6) is 0 Å². The average Bonchev–Trinajstić information content (AvgIpc) is 2.25. The highest BCUT2D eigenvalue weighted by Gasteiger charge is 2.03. The number of carboxylic acids is 1. The summed E-state index contributed by atoms with van der Waals surface area (Å²) in [5, 5.41) is 12.4. The van der Waals surface area contributed by atoms with E-state index in [1.165, 1.54) is 0 Å². The third-order valence-corrected chi connectivity index (χ3v) is 2.54. The van der Waals surface area contributed by atoms with E-state index >= 15 is 0 Å². The van der Waals surface area contributed by atoms with Gasteiger partial charge >= 0.3 is 5.97 Å². The second-order valence-corrected chi connectivity index (χ2v) is 4.19. The van der Waals surface area contributed by atoms with E-state index in [1.54, 1.807) is 6.20 Å². The molecule has 2 N–H and O–H groups in total. The van der Waals surface area contributed by atoms with E-state index in [1.807, 2.05) is 24.3 Å². The number of hydrogen-bond acceptors (Lipinski definition) is 3. The number of carbonyl (C=O) groups is 1. The van der Waals surface area contributed by atoms with Crippen molar-refractivity contribution in [1.82, 2.24) is 4.98 Å². The molecule has 0 atom stereocenters. The summed E-state index contributed by atoms with van der Waals surface area (Å²) >= 11 is 3.34. The van der Waals surface area contributed by atoms with E-state index in [9.17, 15) is 4.79 Å². The number of para-hydroxylation sites is 1. The van der Waals surface area contributed by atoms with E-state index in [-0.39, 0.29) is 6.54 Å². The number of anilines is 1. The van der Waals surface area contributed by atoms with Crippen LogP contribution in [-0.4, -0.2) is 22.6 Å². The molecule has 0 saturated heterocycles. The van der Waals surface area contributed by atoms with E-state index in [4.69, 9.17) is 5.11 Å². The van der Waals surface area contributed by atoms with Gasteiger partial charge in [-0.25, -0.2) is 0 Å². The van der Waals surface area contributed by atoms with Gasteiger partial charge in [0.15, 0.2) is 0 Å². The first-order chi connectivity index (χ1) is 7.66. The van der Waals surface area contributed by atoms with Crippen molar-refractivity contribution in [3.8, 4) is 0 Å². The lowest BCUT2D eigenvalue weighted by molar-refractivity contribution is -0.134. The van der Waals surface area contributed by atoms with E-state index in [0.717, 1.165) is 21.1 Å². The van der Waals surface area contributed by atoms with Crippen molar-refractivity contribution < 1.29 is 9.90 Å². The van der Waals surface area contributed by atoms with Gasteiger partial charge in [-0.2, -0.15) is 0 Å². The molecule has 5 heteroatoms. The molecule has 0 saturated carbocycles. The molecule has 0 aliphatic rings. The zero-order chi connectivity index (χ0) is 11.5. The molecule has 0 unspecified atom stereocenters. The van der Waals surface area contributed by atoms with Crippen LogP contribution in [0.25, 0.3) is 10.9 Å². The number of nitrogens with zero attached hydrogens (tertiary/aromatic N) is 1. The molecule has 4 nitrogen and oxygen atoms in total. The third kappa shape index (κ3) is 2.30. The maximum atomic E-state index is 10.5. The monoisotopic (exact) mass is 280 g/mol. The maximum absolute atomic E-state index is 10.5. The van der Waals surface area contributed by atoms with Gasteiger partial charge in [-0.3, -0.25) is 9.78 Å². The predicted octanol–water partition coefficient (Wildman–Crippen LogP) is 2.49. The number of benzene rings is 1. The first kappa shape index (κ1) is 10.9. The molecule has 0 aliphatic heterocycles. The standard InChI is InChI=1S/C11H9BrN2O2/c12-8-4-7-2-1-3-9(11(7)14-5-8)13-6-10(15)16/h1-5,13H,6H2,(H,15,16). The van der Waals surface area contributed by atoms with Crippen LogP contribution in [0, 0.1) is 0 Å². The number of halogens is 1. The summed E-state index contributed by atoms with van der Waals surface area (Å²) in [4.78, 5) is 14.7. The Hall–Kier alpha value is -1.62. The van der Waals surface area contributed by atoms with Crippen LogP contribution in [-0.2, 0) is 4.79 Å². The van der Waals surface area contributed by atoms with Gasteiger partial charge in [-0.05, 0) is 28.1 Å². The highest BCUT2D eigenvalue weighted by molar-refractivity contribution is 9.10. The van der Waals surface area contributed by atoms with Crippen molar-refractivity contribution in [3.05, 3.63) is 34.9 Å². The molecule has 1 aromatic heterocycles. The summed E-state index contributed by atoms with van der Waals surface area (Å²) in [5.41, 5.74) is 1.50. The Kier molecular flexibility index (Phi) is 3.05. The summed E-state index contributed by atoms with van der Waals surface area (Å²) in [6.07, 6.45) is 1.69. The number of fused-ring (bicyclic) bond motifs is 1. The van der Waals surface area contributed by atoms with Gasteiger partial charge < -0.3 is 10.4 Å². The minimum atomic E-state index is -0.894. The van der Waals surface area contributed by atoms with Crippen LogP contribution in [0.2, 0.25) is 0 Å². The fourth-order valence-corrected chi connectivity index (χ4v) is 1.80. The highest BCUT2D eigenvalue weighted by Crippen LogP contribution is 2.23. The van der Waals surface area contributed by atoms with Crippen LogP contribution in [0.15, 0.2) is 34.9 Å². The summed E-state index contributed by atoms with van der Waals surface area (Å²) in [5.74, 6) is -0.894. The Bertz CT molecular complexity index is 542. The molecule has 82 valence electrons. The SMILES string of the molecule is O=C(O)CNc1cccc2cc(Br)cnc12. The van der Waals surface area contributed by atoms with Crippen molar-refractivity contribution in [2.45, 2.75) is 0 Å². The molecule has 1 aromatic carbocycles. The van der Waals surface area contributed by atoms with Crippen LogP contribution in [0.3, 0.4) is 0 Å². The lowest BCUT2D eigenvalue weighted by Gasteiger charge is -2.06. The van der Waals surface area contributed by atoms with E-state index < -0.39 is 5.97 Å². The van der Waals surface area contributed by atoms with Gasteiger partial charge in [0, 0.05) is 16.1 Å². The van der Waals surface area contributed by atoms with E-state index in [2.05, 4.69) is 26.2 Å². The van der Waals surface area contributed by atoms with Crippen LogP contribution in [0.1, 0.15) is 0 Å². The fourth-order valence-electron chi connectivity index (χ4n) is 1.45. The quantitative estimate of drug-likeness (QED) is 0.907. The Labute approximate surface area is 100 Å². The minimum absolute atomic E-state index is 0.114. The van der Waals surface area contributed by atoms with E-state index in [0.29, 0.717) is 0 Å². The van der Waals surface area contributed by atoms with Gasteiger partial charge in [0.25, 0.3) is 0 Å². The molecule has 2 aromatic rings. The smallest absolute Gasteiger partial charge is 0.322 e. The van der Waals surface area contributed by atoms with Gasteiger partial charge in [-0.15, -0.1) is 0 Å². The molecule has 2 rings (SSSR count). The lowest BCUT2D eigenvalue weighted by Crippen LogP contribution is -2.12. The van der Waals surface area contributed by atoms with Crippen molar-refractivity contribution in [2.24, 2.45) is 0 Å². The van der Waals surface area contributed by atoms with Crippen molar-refractivity contribution in [3.63, 3.8) is 0 Å². The predicted molar refractivity (Wildman–Crippen MR) is 65.6 cm³/mol. The van der Waals surface area contributed by atoms with Crippen LogP contribution in [0.4, 0.5) is 5.69 Å². The fraction of sp³-hybridized carbons (Fsp3) is 0.0909. The Balaban J connectivity index is 2.41. The maximum Gasteiger partial charge on any atom is 0.322 e. The summed E-state index contributed by atoms with van der Waals surface area (Å²) in [7, 11) is 0. The summed E-state index contributed by atoms with van der Waals surface area (Å²) in [6, 6.07) is 7.54. The third-order valence-electron chi connectivity index (χ3n) is 2.11. The number of nitrogens with one attached hydrogen (secondary N) is 1. The second-order valence-electron chi connectivity index (χ2n) is 3.28. The number of aromatic nitrogens is 1. The summed E-state index contributed by atoms with van der Waals surface area (Å²) < 4.78 is 0.899. The molecule has 1 heterocycles. The average molecular weight is 281 g/mol. The molecule has 0 fully saturated rings. The molecule has 0 amide bonds. The lowest BCUT2D eigenvalue weighted by atomic mass is 10.2. The highest BCUT2D eigenvalue weighted by atomic mass is 79.9. The molecular formula is C11H9BrN2O2. The van der Waals surface area contributed by atoms with Crippen molar-refractivity contribution in [2.75, 3.05) is 11.9 Å². The molecule has 0 radical (unpaired) electrons. The van der Waals surface area contributed by atoms with Gasteiger partial charge in [-0.1, -0.05) is 12.1 Å². The Morgan fingerprint density at radius 2 is 2.31 bits per heavy atom. The molecule has 0 bridgehead atoms. The normalized spacial score (nSPS) is 10.3. The Morgan fingerprint density at radius 3 is 3.06 bits per heavy atom. The number of rotatable bonds is 3. The molecule has 0 aliphatic carbocycles. The van der Waals surface area contributed by atoms with Gasteiger partial charge in [0.2, 0.25) is 0 Å². The Morgan fingerprint density at radius 1 is 1.50 bits per heavy atom. The second kappa shape index (κ2) is 4.49. The molecule has 0 spiro atoms. The van der Waals surface area contributed by atoms with Gasteiger partial charge in [0.1, 0.15) is 6.54 Å².